The molecule has 0 fully saturated rings. The Balaban J connectivity index is 3.17. The van der Waals surface area contributed by atoms with E-state index in [0.717, 1.165) is 5.41 Å². The Morgan fingerprint density at radius 2 is 1.62 bits per heavy atom. The first-order valence-corrected chi connectivity index (χ1v) is 11.3. The third-order valence-electron chi connectivity index (χ3n) is 3.03. The maximum Gasteiger partial charge on any atom is 0.296 e. The maximum absolute atomic E-state index is 11.9. The molecule has 0 radical (unpaired) electrons. The van der Waals surface area contributed by atoms with Gasteiger partial charge in [-0.15, -0.1) is 0 Å². The number of hydrogen-bond acceptors (Lipinski definition) is 8. The Morgan fingerprint density at radius 3 is 2.08 bits per heavy atom. The van der Waals surface area contributed by atoms with E-state index in [1.54, 1.807) is 0 Å². The van der Waals surface area contributed by atoms with Crippen LogP contribution in [-0.2, 0) is 34.9 Å². The van der Waals surface area contributed by atoms with Crippen LogP contribution in [0.4, 0.5) is 11.4 Å². The summed E-state index contributed by atoms with van der Waals surface area (Å²) in [5, 5.41) is 2.75. The van der Waals surface area contributed by atoms with Crippen molar-refractivity contribution in [3.63, 3.8) is 0 Å². The Hall–Kier alpha value is -2.00. The summed E-state index contributed by atoms with van der Waals surface area (Å²) in [6.07, 6.45) is -0.481. The molecule has 0 saturated heterocycles. The van der Waals surface area contributed by atoms with Gasteiger partial charge in [-0.3, -0.25) is 13.9 Å². The minimum absolute atomic E-state index is 0.123. The van der Waals surface area contributed by atoms with Crippen LogP contribution in [-0.4, -0.2) is 46.0 Å². The van der Waals surface area contributed by atoms with Gasteiger partial charge in [-0.25, -0.2) is 8.42 Å². The van der Waals surface area contributed by atoms with E-state index >= 15 is 0 Å². The van der Waals surface area contributed by atoms with Crippen molar-refractivity contribution in [2.75, 3.05) is 16.8 Å². The molecule has 11 nitrogen and oxygen atoms in total. The van der Waals surface area contributed by atoms with E-state index in [9.17, 15) is 34.6 Å². The van der Waals surface area contributed by atoms with Crippen LogP contribution in [0.2, 0.25) is 0 Å². The molecule has 1 aromatic carbocycles. The SMILES string of the molecule is C=CS(=O)(=O)CCCC(=O)Nc1cc(S(=O)(=O)O)c(N)cc1S(=O)(=O)O. The minimum Gasteiger partial charge on any atom is -0.398 e. The summed E-state index contributed by atoms with van der Waals surface area (Å²) in [6, 6.07) is 1.11. The van der Waals surface area contributed by atoms with Crippen molar-refractivity contribution < 1.29 is 39.2 Å². The summed E-state index contributed by atoms with van der Waals surface area (Å²) in [5.41, 5.74) is 4.03. The van der Waals surface area contributed by atoms with Gasteiger partial charge in [0, 0.05) is 11.8 Å². The summed E-state index contributed by atoms with van der Waals surface area (Å²) in [7, 11) is -13.3. The quantitative estimate of drug-likeness (QED) is 0.324. The molecule has 0 saturated carbocycles. The van der Waals surface area contributed by atoms with Crippen LogP contribution < -0.4 is 11.1 Å². The highest BCUT2D eigenvalue weighted by molar-refractivity contribution is 7.94. The molecule has 1 rings (SSSR count). The average Bonchev–Trinajstić information content (AvgIpc) is 2.46. The number of nitrogen functional groups attached to an aromatic ring is 1. The number of anilines is 2. The van der Waals surface area contributed by atoms with Crippen molar-refractivity contribution in [1.82, 2.24) is 0 Å². The largest absolute Gasteiger partial charge is 0.398 e. The van der Waals surface area contributed by atoms with Crippen LogP contribution in [0.3, 0.4) is 0 Å². The van der Waals surface area contributed by atoms with Gasteiger partial charge >= 0.3 is 0 Å². The molecule has 5 N–H and O–H groups in total. The van der Waals surface area contributed by atoms with E-state index < -0.39 is 57.1 Å². The first-order valence-electron chi connectivity index (χ1n) is 6.71. The minimum atomic E-state index is -4.89. The topological polar surface area (TPSA) is 198 Å². The number of rotatable bonds is 8. The molecular weight excluding hydrogens is 412 g/mol. The maximum atomic E-state index is 11.9. The number of nitrogens with two attached hydrogens (primary N) is 1. The normalized spacial score (nSPS) is 12.5. The Labute approximate surface area is 150 Å². The van der Waals surface area contributed by atoms with Gasteiger partial charge in [0.1, 0.15) is 9.79 Å². The van der Waals surface area contributed by atoms with E-state index in [0.29, 0.717) is 12.1 Å². The highest BCUT2D eigenvalue weighted by Crippen LogP contribution is 2.30. The molecule has 0 atom stereocenters. The van der Waals surface area contributed by atoms with Gasteiger partial charge in [0.2, 0.25) is 5.91 Å². The summed E-state index contributed by atoms with van der Waals surface area (Å²) >= 11 is 0. The molecule has 26 heavy (non-hydrogen) atoms. The fourth-order valence-electron chi connectivity index (χ4n) is 1.84. The fraction of sp³-hybridized carbons (Fsp3) is 0.250. The predicted octanol–water partition coefficient (Wildman–Crippen LogP) is 0.0392. The average molecular weight is 428 g/mol. The zero-order chi connectivity index (χ0) is 20.3. The second-order valence-corrected chi connectivity index (χ2v) is 9.87. The van der Waals surface area contributed by atoms with Crippen molar-refractivity contribution in [1.29, 1.82) is 0 Å². The van der Waals surface area contributed by atoms with Gasteiger partial charge in [-0.2, -0.15) is 16.8 Å². The summed E-state index contributed by atoms with van der Waals surface area (Å²) < 4.78 is 86.0. The van der Waals surface area contributed by atoms with Crippen LogP contribution in [0.15, 0.2) is 33.9 Å². The predicted molar refractivity (Wildman–Crippen MR) is 92.3 cm³/mol. The molecule has 14 heteroatoms. The van der Waals surface area contributed by atoms with Gasteiger partial charge in [-0.1, -0.05) is 6.58 Å². The number of benzene rings is 1. The second kappa shape index (κ2) is 7.71. The third kappa shape index (κ3) is 6.06. The molecule has 1 amide bonds. The van der Waals surface area contributed by atoms with Gasteiger partial charge in [0.25, 0.3) is 20.2 Å². The lowest BCUT2D eigenvalue weighted by atomic mass is 10.2. The smallest absolute Gasteiger partial charge is 0.296 e. The van der Waals surface area contributed by atoms with Crippen molar-refractivity contribution in [2.24, 2.45) is 0 Å². The molecule has 0 heterocycles. The molecule has 0 aliphatic rings. The zero-order valence-corrected chi connectivity index (χ0v) is 15.6. The number of sulfone groups is 1. The van der Waals surface area contributed by atoms with Crippen molar-refractivity contribution in [3.05, 3.63) is 24.1 Å². The van der Waals surface area contributed by atoms with E-state index in [2.05, 4.69) is 6.58 Å². The highest BCUT2D eigenvalue weighted by Gasteiger charge is 2.24. The molecule has 0 aliphatic heterocycles. The number of carbonyl (C=O) groups is 1. The lowest BCUT2D eigenvalue weighted by molar-refractivity contribution is -0.116. The Kier molecular flexibility index (Phi) is 6.54. The van der Waals surface area contributed by atoms with Crippen LogP contribution in [0, 0.1) is 0 Å². The van der Waals surface area contributed by atoms with E-state index in [1.165, 1.54) is 0 Å². The van der Waals surface area contributed by atoms with E-state index in [-0.39, 0.29) is 18.6 Å². The number of hydrogen-bond donors (Lipinski definition) is 4. The standard InChI is InChI=1S/C12H16N2O9S3/c1-2-24(16,17)5-3-4-12(15)14-9-7-10(25(18,19)20)8(13)6-11(9)26(21,22)23/h2,6-7H,1,3-5,13H2,(H,14,15)(H,18,19,20)(H,21,22,23). The van der Waals surface area contributed by atoms with Crippen LogP contribution in [0.25, 0.3) is 0 Å². The number of carbonyl (C=O) groups excluding carboxylic acids is 1. The van der Waals surface area contributed by atoms with Crippen LogP contribution >= 0.6 is 0 Å². The summed E-state index contributed by atoms with van der Waals surface area (Å²) in [6.45, 7) is 3.10. The van der Waals surface area contributed by atoms with Gasteiger partial charge in [0.15, 0.2) is 9.84 Å². The molecule has 0 bridgehead atoms. The van der Waals surface area contributed by atoms with Gasteiger partial charge < -0.3 is 11.1 Å². The molecular formula is C12H16N2O9S3. The molecule has 0 spiro atoms. The Morgan fingerprint density at radius 1 is 1.08 bits per heavy atom. The molecule has 0 unspecified atom stereocenters. The molecule has 0 aliphatic carbocycles. The summed E-state index contributed by atoms with van der Waals surface area (Å²) in [5.74, 6) is -1.24. The van der Waals surface area contributed by atoms with E-state index in [4.69, 9.17) is 10.3 Å². The van der Waals surface area contributed by atoms with Crippen molar-refractivity contribution in [3.8, 4) is 0 Å². The molecule has 0 aromatic heterocycles. The molecule has 1 aromatic rings. The van der Waals surface area contributed by atoms with Crippen molar-refractivity contribution >= 4 is 47.4 Å². The van der Waals surface area contributed by atoms with E-state index in [1.807, 2.05) is 5.32 Å². The fourth-order valence-corrected chi connectivity index (χ4v) is 3.84. The van der Waals surface area contributed by atoms with Gasteiger partial charge in [0.05, 0.1) is 17.1 Å². The monoisotopic (exact) mass is 428 g/mol. The lowest BCUT2D eigenvalue weighted by Gasteiger charge is -2.12. The molecule has 146 valence electrons. The van der Waals surface area contributed by atoms with Crippen LogP contribution in [0.5, 0.6) is 0 Å². The lowest BCUT2D eigenvalue weighted by Crippen LogP contribution is -2.17. The summed E-state index contributed by atoms with van der Waals surface area (Å²) in [4.78, 5) is 10.1. The third-order valence-corrected chi connectivity index (χ3v) is 6.20. The second-order valence-electron chi connectivity index (χ2n) is 5.02. The number of amides is 1. The van der Waals surface area contributed by atoms with Crippen LogP contribution in [0.1, 0.15) is 12.8 Å². The Bertz CT molecular complexity index is 1040. The van der Waals surface area contributed by atoms with Crippen molar-refractivity contribution in [2.45, 2.75) is 22.6 Å². The first-order chi connectivity index (χ1) is 11.7. The first kappa shape index (κ1) is 22.0. The zero-order valence-electron chi connectivity index (χ0n) is 13.1. The van der Waals surface area contributed by atoms with Gasteiger partial charge in [-0.05, 0) is 18.6 Å². The number of nitrogens with one attached hydrogen (secondary N) is 1. The highest BCUT2D eigenvalue weighted by atomic mass is 32.2.